The van der Waals surface area contributed by atoms with Crippen LogP contribution in [-0.4, -0.2) is 18.5 Å². The van der Waals surface area contributed by atoms with Crippen LogP contribution in [0.3, 0.4) is 0 Å². The standard InChI is InChI=1S/C19H20BrNO3/c1-12-4-9-17(13(2)10-12)19(23)24-11-18(22)21-14(3)15-5-7-16(20)8-6-15/h4-10,14H,11H2,1-3H3,(H,21,22)/t14-/m1/s1. The van der Waals surface area contributed by atoms with Crippen LogP contribution in [0.25, 0.3) is 0 Å². The Hall–Kier alpha value is -2.14. The van der Waals surface area contributed by atoms with E-state index in [2.05, 4.69) is 21.2 Å². The fourth-order valence-corrected chi connectivity index (χ4v) is 2.63. The Bertz CT molecular complexity index is 741. The summed E-state index contributed by atoms with van der Waals surface area (Å²) >= 11 is 3.37. The van der Waals surface area contributed by atoms with Gasteiger partial charge in [0.2, 0.25) is 0 Å². The number of carbonyl (C=O) groups excluding carboxylic acids is 2. The molecule has 2 aromatic carbocycles. The van der Waals surface area contributed by atoms with Crippen LogP contribution < -0.4 is 5.32 Å². The fraction of sp³-hybridized carbons (Fsp3) is 0.263. The van der Waals surface area contributed by atoms with Crippen molar-refractivity contribution >= 4 is 27.8 Å². The van der Waals surface area contributed by atoms with Gasteiger partial charge < -0.3 is 10.1 Å². The number of carbonyl (C=O) groups is 2. The Labute approximate surface area is 150 Å². The number of benzene rings is 2. The van der Waals surface area contributed by atoms with Crippen molar-refractivity contribution in [3.8, 4) is 0 Å². The lowest BCUT2D eigenvalue weighted by molar-refractivity contribution is -0.124. The first-order valence-electron chi connectivity index (χ1n) is 7.66. The Kier molecular flexibility index (Phi) is 6.15. The molecule has 0 fully saturated rings. The van der Waals surface area contributed by atoms with E-state index in [-0.39, 0.29) is 18.6 Å². The van der Waals surface area contributed by atoms with Gasteiger partial charge in [0.25, 0.3) is 5.91 Å². The van der Waals surface area contributed by atoms with E-state index in [0.717, 1.165) is 21.2 Å². The average Bonchev–Trinajstić information content (AvgIpc) is 2.53. The molecule has 24 heavy (non-hydrogen) atoms. The molecule has 0 aliphatic carbocycles. The summed E-state index contributed by atoms with van der Waals surface area (Å²) in [5.41, 5.74) is 3.37. The fourth-order valence-electron chi connectivity index (χ4n) is 2.37. The minimum absolute atomic E-state index is 0.162. The normalized spacial score (nSPS) is 11.7. The third kappa shape index (κ3) is 4.93. The second kappa shape index (κ2) is 8.11. The highest BCUT2D eigenvalue weighted by atomic mass is 79.9. The maximum Gasteiger partial charge on any atom is 0.338 e. The quantitative estimate of drug-likeness (QED) is 0.783. The van der Waals surface area contributed by atoms with Crippen LogP contribution in [0.1, 0.15) is 40.0 Å². The summed E-state index contributed by atoms with van der Waals surface area (Å²) in [4.78, 5) is 24.0. The van der Waals surface area contributed by atoms with Gasteiger partial charge in [-0.3, -0.25) is 4.79 Å². The minimum atomic E-state index is -0.487. The zero-order valence-corrected chi connectivity index (χ0v) is 15.5. The number of hydrogen-bond acceptors (Lipinski definition) is 3. The molecule has 2 rings (SSSR count). The van der Waals surface area contributed by atoms with Crippen molar-refractivity contribution in [1.82, 2.24) is 5.32 Å². The van der Waals surface area contributed by atoms with Gasteiger partial charge in [0, 0.05) is 4.47 Å². The molecule has 0 bridgehead atoms. The molecular formula is C19H20BrNO3. The van der Waals surface area contributed by atoms with Crippen LogP contribution in [0.5, 0.6) is 0 Å². The number of aryl methyl sites for hydroxylation is 2. The van der Waals surface area contributed by atoms with Gasteiger partial charge in [-0.05, 0) is 50.1 Å². The molecule has 1 atom stereocenters. The van der Waals surface area contributed by atoms with Crippen LogP contribution in [0.2, 0.25) is 0 Å². The monoisotopic (exact) mass is 389 g/mol. The van der Waals surface area contributed by atoms with E-state index in [1.807, 2.05) is 57.2 Å². The molecule has 0 saturated heterocycles. The average molecular weight is 390 g/mol. The summed E-state index contributed by atoms with van der Waals surface area (Å²) in [6, 6.07) is 13.0. The van der Waals surface area contributed by atoms with E-state index in [0.29, 0.717) is 5.56 Å². The van der Waals surface area contributed by atoms with Gasteiger partial charge in [-0.25, -0.2) is 4.79 Å². The smallest absolute Gasteiger partial charge is 0.338 e. The molecular weight excluding hydrogens is 370 g/mol. The number of amides is 1. The zero-order valence-electron chi connectivity index (χ0n) is 13.9. The molecule has 0 unspecified atom stereocenters. The van der Waals surface area contributed by atoms with Crippen LogP contribution in [0, 0.1) is 13.8 Å². The number of ether oxygens (including phenoxy) is 1. The van der Waals surface area contributed by atoms with Crippen molar-refractivity contribution in [1.29, 1.82) is 0 Å². The zero-order chi connectivity index (χ0) is 17.7. The van der Waals surface area contributed by atoms with Crippen LogP contribution in [0.4, 0.5) is 0 Å². The van der Waals surface area contributed by atoms with Crippen LogP contribution >= 0.6 is 15.9 Å². The number of rotatable bonds is 5. The number of hydrogen-bond donors (Lipinski definition) is 1. The van der Waals surface area contributed by atoms with E-state index in [4.69, 9.17) is 4.74 Å². The SMILES string of the molecule is Cc1ccc(C(=O)OCC(=O)N[C@H](C)c2ccc(Br)cc2)c(C)c1. The summed E-state index contributed by atoms with van der Waals surface area (Å²) in [6.45, 7) is 5.39. The molecule has 1 amide bonds. The summed E-state index contributed by atoms with van der Waals surface area (Å²) in [5.74, 6) is -0.817. The first-order valence-corrected chi connectivity index (χ1v) is 8.45. The summed E-state index contributed by atoms with van der Waals surface area (Å²) in [6.07, 6.45) is 0. The highest BCUT2D eigenvalue weighted by molar-refractivity contribution is 9.10. The predicted octanol–water partition coefficient (Wildman–Crippen LogP) is 4.10. The van der Waals surface area contributed by atoms with Crippen molar-refractivity contribution in [3.63, 3.8) is 0 Å². The van der Waals surface area contributed by atoms with E-state index < -0.39 is 5.97 Å². The van der Waals surface area contributed by atoms with Crippen molar-refractivity contribution in [2.75, 3.05) is 6.61 Å². The van der Waals surface area contributed by atoms with E-state index in [1.54, 1.807) is 6.07 Å². The number of halogens is 1. The molecule has 5 heteroatoms. The maximum atomic E-state index is 12.1. The molecule has 4 nitrogen and oxygen atoms in total. The first-order chi connectivity index (χ1) is 11.4. The lowest BCUT2D eigenvalue weighted by Gasteiger charge is -2.15. The molecule has 0 aliphatic rings. The molecule has 126 valence electrons. The Morgan fingerprint density at radius 2 is 1.79 bits per heavy atom. The second-order valence-corrected chi connectivity index (χ2v) is 6.65. The van der Waals surface area contributed by atoms with Crippen molar-refractivity contribution in [2.24, 2.45) is 0 Å². The number of esters is 1. The molecule has 0 radical (unpaired) electrons. The molecule has 0 saturated carbocycles. The van der Waals surface area contributed by atoms with Gasteiger partial charge in [-0.15, -0.1) is 0 Å². The third-order valence-electron chi connectivity index (χ3n) is 3.68. The highest BCUT2D eigenvalue weighted by Crippen LogP contribution is 2.16. The Balaban J connectivity index is 1.88. The third-order valence-corrected chi connectivity index (χ3v) is 4.21. The van der Waals surface area contributed by atoms with E-state index in [9.17, 15) is 9.59 Å². The molecule has 1 N–H and O–H groups in total. The Morgan fingerprint density at radius 1 is 1.12 bits per heavy atom. The van der Waals surface area contributed by atoms with Gasteiger partial charge in [0.1, 0.15) is 0 Å². The van der Waals surface area contributed by atoms with Gasteiger partial charge in [0.15, 0.2) is 6.61 Å². The van der Waals surface area contributed by atoms with E-state index >= 15 is 0 Å². The second-order valence-electron chi connectivity index (χ2n) is 5.74. The topological polar surface area (TPSA) is 55.4 Å². The molecule has 2 aromatic rings. The van der Waals surface area contributed by atoms with Gasteiger partial charge >= 0.3 is 5.97 Å². The highest BCUT2D eigenvalue weighted by Gasteiger charge is 2.14. The van der Waals surface area contributed by atoms with Crippen molar-refractivity contribution < 1.29 is 14.3 Å². The van der Waals surface area contributed by atoms with Gasteiger partial charge in [-0.2, -0.15) is 0 Å². The predicted molar refractivity (Wildman–Crippen MR) is 96.9 cm³/mol. The lowest BCUT2D eigenvalue weighted by atomic mass is 10.1. The maximum absolute atomic E-state index is 12.1. The van der Waals surface area contributed by atoms with Gasteiger partial charge in [-0.1, -0.05) is 45.8 Å². The van der Waals surface area contributed by atoms with Gasteiger partial charge in [0.05, 0.1) is 11.6 Å². The summed E-state index contributed by atoms with van der Waals surface area (Å²) in [5, 5.41) is 2.81. The summed E-state index contributed by atoms with van der Waals surface area (Å²) < 4.78 is 6.09. The van der Waals surface area contributed by atoms with Crippen LogP contribution in [0.15, 0.2) is 46.9 Å². The first kappa shape index (κ1) is 18.2. The molecule has 0 spiro atoms. The van der Waals surface area contributed by atoms with E-state index in [1.165, 1.54) is 0 Å². The Morgan fingerprint density at radius 3 is 2.42 bits per heavy atom. The summed E-state index contributed by atoms with van der Waals surface area (Å²) in [7, 11) is 0. The minimum Gasteiger partial charge on any atom is -0.452 e. The van der Waals surface area contributed by atoms with Crippen molar-refractivity contribution in [3.05, 3.63) is 69.2 Å². The molecule has 0 heterocycles. The molecule has 0 aromatic heterocycles. The molecule has 0 aliphatic heterocycles. The van der Waals surface area contributed by atoms with Crippen molar-refractivity contribution in [2.45, 2.75) is 26.8 Å². The number of nitrogens with one attached hydrogen (secondary N) is 1. The lowest BCUT2D eigenvalue weighted by Crippen LogP contribution is -2.31. The largest absolute Gasteiger partial charge is 0.452 e. The van der Waals surface area contributed by atoms with Crippen LogP contribution in [-0.2, 0) is 9.53 Å².